The average molecular weight is 398 g/mol. The van der Waals surface area contributed by atoms with E-state index in [-0.39, 0.29) is 11.8 Å². The van der Waals surface area contributed by atoms with E-state index in [0.29, 0.717) is 55.5 Å². The van der Waals surface area contributed by atoms with Gasteiger partial charge in [0.05, 0.1) is 31.6 Å². The Balaban J connectivity index is 1.74. The smallest absolute Gasteiger partial charge is 0.265 e. The quantitative estimate of drug-likeness (QED) is 0.776. The van der Waals surface area contributed by atoms with Crippen molar-refractivity contribution in [2.45, 2.75) is 19.4 Å². The summed E-state index contributed by atoms with van der Waals surface area (Å²) in [6, 6.07) is 14.2. The van der Waals surface area contributed by atoms with Crippen LogP contribution in [0, 0.1) is 0 Å². The molecule has 29 heavy (non-hydrogen) atoms. The van der Waals surface area contributed by atoms with Crippen LogP contribution < -0.4 is 14.8 Å². The highest BCUT2D eigenvalue weighted by Crippen LogP contribution is 2.28. The Labute approximate surface area is 170 Å². The van der Waals surface area contributed by atoms with E-state index in [2.05, 4.69) is 5.32 Å². The molecule has 0 bridgehead atoms. The van der Waals surface area contributed by atoms with Crippen molar-refractivity contribution >= 4 is 17.5 Å². The first-order valence-electron chi connectivity index (χ1n) is 9.70. The summed E-state index contributed by atoms with van der Waals surface area (Å²) < 4.78 is 16.5. The molecule has 1 fully saturated rings. The Morgan fingerprint density at radius 1 is 1.07 bits per heavy atom. The molecule has 2 aromatic carbocycles. The van der Waals surface area contributed by atoms with Crippen molar-refractivity contribution in [2.24, 2.45) is 0 Å². The molecule has 0 aliphatic carbocycles. The lowest BCUT2D eigenvalue weighted by Crippen LogP contribution is -2.41. The molecule has 7 nitrogen and oxygen atoms in total. The summed E-state index contributed by atoms with van der Waals surface area (Å²) in [4.78, 5) is 27.5. The van der Waals surface area contributed by atoms with Crippen LogP contribution in [0.25, 0.3) is 0 Å². The zero-order valence-corrected chi connectivity index (χ0v) is 16.7. The van der Waals surface area contributed by atoms with Crippen molar-refractivity contribution in [1.82, 2.24) is 4.90 Å². The van der Waals surface area contributed by atoms with Gasteiger partial charge in [-0.25, -0.2) is 0 Å². The molecule has 0 aromatic heterocycles. The fraction of sp³-hybridized carbons (Fsp3) is 0.364. The van der Waals surface area contributed by atoms with E-state index in [1.165, 1.54) is 0 Å². The molecular weight excluding hydrogens is 372 g/mol. The van der Waals surface area contributed by atoms with Crippen LogP contribution in [0.4, 0.5) is 5.69 Å². The molecule has 1 aliphatic rings. The van der Waals surface area contributed by atoms with E-state index in [9.17, 15) is 9.59 Å². The molecule has 2 aromatic rings. The van der Waals surface area contributed by atoms with Gasteiger partial charge in [-0.05, 0) is 30.7 Å². The van der Waals surface area contributed by atoms with Crippen LogP contribution >= 0.6 is 0 Å². The molecular formula is C22H26N2O5. The van der Waals surface area contributed by atoms with Gasteiger partial charge in [0.2, 0.25) is 0 Å². The zero-order valence-electron chi connectivity index (χ0n) is 16.7. The number of benzene rings is 2. The summed E-state index contributed by atoms with van der Waals surface area (Å²) in [6.07, 6.45) is -0.262. The van der Waals surface area contributed by atoms with Crippen LogP contribution in [0.1, 0.15) is 23.7 Å². The number of rotatable bonds is 7. The number of nitrogens with one attached hydrogen (secondary N) is 1. The first kappa shape index (κ1) is 20.7. The molecule has 0 saturated carbocycles. The molecule has 1 aliphatic heterocycles. The number of amides is 2. The van der Waals surface area contributed by atoms with Gasteiger partial charge >= 0.3 is 0 Å². The van der Waals surface area contributed by atoms with Crippen molar-refractivity contribution in [3.8, 4) is 11.5 Å². The predicted octanol–water partition coefficient (Wildman–Crippen LogP) is 2.96. The lowest BCUT2D eigenvalue weighted by atomic mass is 10.1. The van der Waals surface area contributed by atoms with Gasteiger partial charge in [-0.3, -0.25) is 9.59 Å². The third-order valence-corrected chi connectivity index (χ3v) is 4.72. The first-order chi connectivity index (χ1) is 14.1. The van der Waals surface area contributed by atoms with E-state index in [4.69, 9.17) is 14.2 Å². The highest BCUT2D eigenvalue weighted by atomic mass is 16.5. The van der Waals surface area contributed by atoms with Gasteiger partial charge in [0, 0.05) is 13.1 Å². The Hall–Kier alpha value is -3.06. The van der Waals surface area contributed by atoms with Gasteiger partial charge in [0.1, 0.15) is 0 Å². The van der Waals surface area contributed by atoms with Crippen LogP contribution in [0.3, 0.4) is 0 Å². The Kier molecular flexibility index (Phi) is 7.08. The van der Waals surface area contributed by atoms with E-state index >= 15 is 0 Å². The molecule has 0 spiro atoms. The predicted molar refractivity (Wildman–Crippen MR) is 109 cm³/mol. The van der Waals surface area contributed by atoms with Crippen LogP contribution in [0.15, 0.2) is 48.5 Å². The zero-order chi connectivity index (χ0) is 20.6. The van der Waals surface area contributed by atoms with Gasteiger partial charge in [0.15, 0.2) is 17.6 Å². The number of carbonyl (C=O) groups excluding carboxylic acids is 2. The van der Waals surface area contributed by atoms with E-state index in [1.807, 2.05) is 19.1 Å². The molecule has 0 radical (unpaired) electrons. The van der Waals surface area contributed by atoms with E-state index < -0.39 is 6.10 Å². The second kappa shape index (κ2) is 9.93. The lowest BCUT2D eigenvalue weighted by Gasteiger charge is -2.27. The SMILES string of the molecule is CC[C@H](Oc1ccccc1OC)C(=O)Nc1ccccc1C(=O)N1CCOCC1. The van der Waals surface area contributed by atoms with Crippen molar-refractivity contribution in [1.29, 1.82) is 0 Å². The Morgan fingerprint density at radius 2 is 1.72 bits per heavy atom. The van der Waals surface area contributed by atoms with Crippen LogP contribution in [-0.4, -0.2) is 56.2 Å². The summed E-state index contributed by atoms with van der Waals surface area (Å²) in [6.45, 7) is 3.98. The largest absolute Gasteiger partial charge is 0.493 e. The fourth-order valence-corrected chi connectivity index (χ4v) is 3.12. The third-order valence-electron chi connectivity index (χ3n) is 4.72. The topological polar surface area (TPSA) is 77.1 Å². The number of methoxy groups -OCH3 is 1. The summed E-state index contributed by atoms with van der Waals surface area (Å²) >= 11 is 0. The maximum Gasteiger partial charge on any atom is 0.265 e. The van der Waals surface area contributed by atoms with Crippen molar-refractivity contribution in [3.63, 3.8) is 0 Å². The molecule has 1 saturated heterocycles. The maximum absolute atomic E-state index is 12.9. The molecule has 0 unspecified atom stereocenters. The van der Waals surface area contributed by atoms with Crippen molar-refractivity contribution in [2.75, 3.05) is 38.7 Å². The minimum absolute atomic E-state index is 0.122. The molecule has 1 heterocycles. The van der Waals surface area contributed by atoms with Gasteiger partial charge in [-0.2, -0.15) is 0 Å². The number of para-hydroxylation sites is 3. The number of hydrogen-bond donors (Lipinski definition) is 1. The second-order valence-corrected chi connectivity index (χ2v) is 6.61. The second-order valence-electron chi connectivity index (χ2n) is 6.61. The number of morpholine rings is 1. The summed E-state index contributed by atoms with van der Waals surface area (Å²) in [5.74, 6) is 0.611. The van der Waals surface area contributed by atoms with Crippen LogP contribution in [0.2, 0.25) is 0 Å². The van der Waals surface area contributed by atoms with Gasteiger partial charge < -0.3 is 24.4 Å². The van der Waals surface area contributed by atoms with E-state index in [1.54, 1.807) is 48.4 Å². The van der Waals surface area contributed by atoms with Gasteiger partial charge in [0.25, 0.3) is 11.8 Å². The molecule has 1 N–H and O–H groups in total. The molecule has 2 amide bonds. The fourth-order valence-electron chi connectivity index (χ4n) is 3.12. The number of nitrogens with zero attached hydrogens (tertiary/aromatic N) is 1. The molecule has 3 rings (SSSR count). The lowest BCUT2D eigenvalue weighted by molar-refractivity contribution is -0.122. The minimum atomic E-state index is -0.724. The maximum atomic E-state index is 12.9. The average Bonchev–Trinajstić information content (AvgIpc) is 2.78. The molecule has 1 atom stereocenters. The van der Waals surface area contributed by atoms with Gasteiger partial charge in [-0.15, -0.1) is 0 Å². The third kappa shape index (κ3) is 5.06. The highest BCUT2D eigenvalue weighted by molar-refractivity contribution is 6.04. The monoisotopic (exact) mass is 398 g/mol. The van der Waals surface area contributed by atoms with Crippen molar-refractivity contribution < 1.29 is 23.8 Å². The number of carbonyl (C=O) groups is 2. The van der Waals surface area contributed by atoms with Crippen molar-refractivity contribution in [3.05, 3.63) is 54.1 Å². The Bertz CT molecular complexity index is 849. The molecule has 154 valence electrons. The van der Waals surface area contributed by atoms with Crippen LogP contribution in [0.5, 0.6) is 11.5 Å². The van der Waals surface area contributed by atoms with Crippen LogP contribution in [-0.2, 0) is 9.53 Å². The first-order valence-corrected chi connectivity index (χ1v) is 9.70. The summed E-state index contributed by atoms with van der Waals surface area (Å²) in [5.41, 5.74) is 0.922. The molecule has 7 heteroatoms. The number of ether oxygens (including phenoxy) is 3. The number of anilines is 1. The Morgan fingerprint density at radius 3 is 2.41 bits per heavy atom. The minimum Gasteiger partial charge on any atom is -0.493 e. The normalized spacial score (nSPS) is 14.8. The summed E-state index contributed by atoms with van der Waals surface area (Å²) in [5, 5.41) is 2.86. The highest BCUT2D eigenvalue weighted by Gasteiger charge is 2.24. The number of hydrogen-bond acceptors (Lipinski definition) is 5. The summed E-state index contributed by atoms with van der Waals surface area (Å²) in [7, 11) is 1.55. The van der Waals surface area contributed by atoms with E-state index in [0.717, 1.165) is 0 Å². The van der Waals surface area contributed by atoms with Gasteiger partial charge in [-0.1, -0.05) is 31.2 Å². The standard InChI is InChI=1S/C22H26N2O5/c1-3-18(29-20-11-7-6-10-19(20)27-2)21(25)23-17-9-5-4-8-16(17)22(26)24-12-14-28-15-13-24/h4-11,18H,3,12-15H2,1-2H3,(H,23,25)/t18-/m0/s1.